The fourth-order valence-corrected chi connectivity index (χ4v) is 3.26. The van der Waals surface area contributed by atoms with Gasteiger partial charge >= 0.3 is 0 Å². The van der Waals surface area contributed by atoms with Crippen molar-refractivity contribution >= 4 is 11.7 Å². The average Bonchev–Trinajstić information content (AvgIpc) is 3.20. The Bertz CT molecular complexity index is 854. The maximum Gasteiger partial charge on any atom is 0.253 e. The Balaban J connectivity index is 1.34. The number of hydrogen-bond acceptors (Lipinski definition) is 4. The largest absolute Gasteiger partial charge is 0.355 e. The first kappa shape index (κ1) is 16.3. The number of carbonyl (C=O) groups is 1. The number of H-pyrrole nitrogens is 1. The summed E-state index contributed by atoms with van der Waals surface area (Å²) >= 11 is 0. The van der Waals surface area contributed by atoms with Crippen LogP contribution in [0, 0.1) is 0 Å². The number of nitrogens with one attached hydrogen (secondary N) is 2. The molecule has 0 unspecified atom stereocenters. The quantitative estimate of drug-likeness (QED) is 0.761. The molecule has 1 amide bonds. The number of anilines is 1. The van der Waals surface area contributed by atoms with Gasteiger partial charge in [0.15, 0.2) is 5.82 Å². The lowest BCUT2D eigenvalue weighted by molar-refractivity contribution is 0.0930. The van der Waals surface area contributed by atoms with E-state index in [1.165, 1.54) is 0 Å². The number of aromatic nitrogens is 3. The zero-order valence-electron chi connectivity index (χ0n) is 14.4. The normalized spacial score (nSPS) is 15.0. The van der Waals surface area contributed by atoms with E-state index in [2.05, 4.69) is 43.6 Å². The number of piperidine rings is 1. The number of amides is 1. The number of benzene rings is 1. The molecule has 6 nitrogen and oxygen atoms in total. The molecule has 0 saturated carbocycles. The van der Waals surface area contributed by atoms with Gasteiger partial charge in [0, 0.05) is 37.6 Å². The van der Waals surface area contributed by atoms with Crippen LogP contribution in [-0.2, 0) is 0 Å². The molecule has 26 heavy (non-hydrogen) atoms. The van der Waals surface area contributed by atoms with Crippen molar-refractivity contribution in [3.8, 4) is 11.3 Å². The second-order valence-corrected chi connectivity index (χ2v) is 6.48. The minimum absolute atomic E-state index is 0.0531. The first-order valence-corrected chi connectivity index (χ1v) is 8.86. The summed E-state index contributed by atoms with van der Waals surface area (Å²) < 4.78 is 0. The van der Waals surface area contributed by atoms with Crippen molar-refractivity contribution < 1.29 is 4.79 Å². The minimum Gasteiger partial charge on any atom is -0.355 e. The predicted molar refractivity (Wildman–Crippen MR) is 101 cm³/mol. The minimum atomic E-state index is -0.0531. The van der Waals surface area contributed by atoms with Crippen LogP contribution >= 0.6 is 0 Å². The van der Waals surface area contributed by atoms with Gasteiger partial charge in [-0.1, -0.05) is 30.3 Å². The van der Waals surface area contributed by atoms with Crippen LogP contribution in [-0.4, -0.2) is 40.2 Å². The van der Waals surface area contributed by atoms with Gasteiger partial charge in [0.05, 0.1) is 11.3 Å². The van der Waals surface area contributed by atoms with E-state index in [0.717, 1.165) is 43.0 Å². The third kappa shape index (κ3) is 3.59. The number of rotatable bonds is 4. The first-order valence-electron chi connectivity index (χ1n) is 8.86. The zero-order chi connectivity index (χ0) is 17.8. The highest BCUT2D eigenvalue weighted by molar-refractivity contribution is 5.94. The highest BCUT2D eigenvalue weighted by Gasteiger charge is 2.22. The molecule has 3 heterocycles. The summed E-state index contributed by atoms with van der Waals surface area (Å²) in [6, 6.07) is 16.0. The Morgan fingerprint density at radius 3 is 2.65 bits per heavy atom. The van der Waals surface area contributed by atoms with E-state index in [9.17, 15) is 4.79 Å². The van der Waals surface area contributed by atoms with Crippen LogP contribution in [0.3, 0.4) is 0 Å². The molecule has 0 spiro atoms. The molecule has 1 aromatic carbocycles. The summed E-state index contributed by atoms with van der Waals surface area (Å²) in [5.41, 5.74) is 2.76. The van der Waals surface area contributed by atoms with Crippen LogP contribution in [0.25, 0.3) is 11.3 Å². The molecule has 2 N–H and O–H groups in total. The third-order valence-corrected chi connectivity index (χ3v) is 4.73. The third-order valence-electron chi connectivity index (χ3n) is 4.73. The highest BCUT2D eigenvalue weighted by Crippen LogP contribution is 2.24. The van der Waals surface area contributed by atoms with Crippen LogP contribution in [0.4, 0.5) is 5.82 Å². The van der Waals surface area contributed by atoms with Crippen LogP contribution in [0.15, 0.2) is 60.9 Å². The Hall–Kier alpha value is -3.15. The summed E-state index contributed by atoms with van der Waals surface area (Å²) in [6.45, 7) is 1.74. The lowest BCUT2D eigenvalue weighted by Gasteiger charge is -2.32. The van der Waals surface area contributed by atoms with E-state index >= 15 is 0 Å². The SMILES string of the molecule is O=C(NC1CCN(c2cc(-c3ccccc3)[nH]n2)CC1)c1cccnc1. The van der Waals surface area contributed by atoms with Gasteiger partial charge in [0.25, 0.3) is 5.91 Å². The molecule has 3 aromatic rings. The van der Waals surface area contributed by atoms with Gasteiger partial charge in [-0.2, -0.15) is 5.10 Å². The number of carbonyl (C=O) groups excluding carboxylic acids is 1. The summed E-state index contributed by atoms with van der Waals surface area (Å²) in [5, 5.41) is 10.7. The number of pyridine rings is 1. The Morgan fingerprint density at radius 1 is 1.12 bits per heavy atom. The fourth-order valence-electron chi connectivity index (χ4n) is 3.26. The summed E-state index contributed by atoms with van der Waals surface area (Å²) in [5.74, 6) is 0.906. The number of hydrogen-bond donors (Lipinski definition) is 2. The van der Waals surface area contributed by atoms with Gasteiger partial charge in [-0.05, 0) is 30.5 Å². The molecule has 6 heteroatoms. The molecule has 0 bridgehead atoms. The lowest BCUT2D eigenvalue weighted by Crippen LogP contribution is -2.44. The maximum atomic E-state index is 12.2. The molecule has 0 aliphatic carbocycles. The summed E-state index contributed by atoms with van der Waals surface area (Å²) in [6.07, 6.45) is 5.07. The predicted octanol–water partition coefficient (Wildman–Crippen LogP) is 2.87. The van der Waals surface area contributed by atoms with Crippen molar-refractivity contribution in [3.63, 3.8) is 0 Å². The second-order valence-electron chi connectivity index (χ2n) is 6.48. The van der Waals surface area contributed by atoms with Gasteiger partial charge in [-0.25, -0.2) is 0 Å². The Kier molecular flexibility index (Phi) is 4.64. The van der Waals surface area contributed by atoms with Gasteiger partial charge in [-0.15, -0.1) is 0 Å². The van der Waals surface area contributed by atoms with Crippen LogP contribution < -0.4 is 10.2 Å². The molecular weight excluding hydrogens is 326 g/mol. The van der Waals surface area contributed by atoms with Gasteiger partial charge in [-0.3, -0.25) is 14.9 Å². The summed E-state index contributed by atoms with van der Waals surface area (Å²) in [7, 11) is 0. The molecule has 2 aromatic heterocycles. The molecule has 132 valence electrons. The molecule has 4 rings (SSSR count). The zero-order valence-corrected chi connectivity index (χ0v) is 14.4. The van der Waals surface area contributed by atoms with Crippen molar-refractivity contribution in [1.29, 1.82) is 0 Å². The maximum absolute atomic E-state index is 12.2. The first-order chi connectivity index (χ1) is 12.8. The van der Waals surface area contributed by atoms with E-state index in [0.29, 0.717) is 5.56 Å². The summed E-state index contributed by atoms with van der Waals surface area (Å²) in [4.78, 5) is 18.5. The number of aromatic amines is 1. The van der Waals surface area contributed by atoms with Crippen LogP contribution in [0.5, 0.6) is 0 Å². The van der Waals surface area contributed by atoms with E-state index in [4.69, 9.17) is 0 Å². The molecule has 1 fully saturated rings. The Morgan fingerprint density at radius 2 is 1.92 bits per heavy atom. The molecule has 1 aliphatic rings. The van der Waals surface area contributed by atoms with Crippen molar-refractivity contribution in [2.75, 3.05) is 18.0 Å². The van der Waals surface area contributed by atoms with Crippen molar-refractivity contribution in [2.45, 2.75) is 18.9 Å². The van der Waals surface area contributed by atoms with Crippen LogP contribution in [0.2, 0.25) is 0 Å². The molecule has 0 atom stereocenters. The Labute approximate surface area is 152 Å². The highest BCUT2D eigenvalue weighted by atomic mass is 16.1. The monoisotopic (exact) mass is 347 g/mol. The molecule has 1 aliphatic heterocycles. The van der Waals surface area contributed by atoms with E-state index < -0.39 is 0 Å². The van der Waals surface area contributed by atoms with E-state index in [-0.39, 0.29) is 11.9 Å². The smallest absolute Gasteiger partial charge is 0.253 e. The van der Waals surface area contributed by atoms with Crippen molar-refractivity contribution in [2.24, 2.45) is 0 Å². The average molecular weight is 347 g/mol. The van der Waals surface area contributed by atoms with E-state index in [1.54, 1.807) is 24.5 Å². The fraction of sp³-hybridized carbons (Fsp3) is 0.250. The van der Waals surface area contributed by atoms with Crippen molar-refractivity contribution in [1.82, 2.24) is 20.5 Å². The molecule has 1 saturated heterocycles. The van der Waals surface area contributed by atoms with Gasteiger partial charge in [0.2, 0.25) is 0 Å². The topological polar surface area (TPSA) is 73.9 Å². The van der Waals surface area contributed by atoms with Gasteiger partial charge < -0.3 is 10.2 Å². The molecule has 0 radical (unpaired) electrons. The van der Waals surface area contributed by atoms with E-state index in [1.807, 2.05) is 18.2 Å². The lowest BCUT2D eigenvalue weighted by atomic mass is 10.0. The number of nitrogens with zero attached hydrogens (tertiary/aromatic N) is 3. The van der Waals surface area contributed by atoms with Crippen LogP contribution in [0.1, 0.15) is 23.2 Å². The standard InChI is InChI=1S/C20H21N5O/c26-20(16-7-4-10-21-14-16)22-17-8-11-25(12-9-17)19-13-18(23-24-19)15-5-2-1-3-6-15/h1-7,10,13-14,17H,8-9,11-12H2,(H,22,26)(H,23,24). The second kappa shape index (κ2) is 7.39. The van der Waals surface area contributed by atoms with Gasteiger partial charge in [0.1, 0.15) is 0 Å². The molecular formula is C20H21N5O. The van der Waals surface area contributed by atoms with Crippen molar-refractivity contribution in [3.05, 3.63) is 66.5 Å².